The Bertz CT molecular complexity index is 202. The molecule has 1 amide bonds. The quantitative estimate of drug-likeness (QED) is 0.744. The molecule has 1 saturated carbocycles. The Morgan fingerprint density at radius 3 is 2.67 bits per heavy atom. The molecule has 1 aliphatic carbocycles. The van der Waals surface area contributed by atoms with Gasteiger partial charge in [-0.05, 0) is 25.2 Å². The molecular formula is C12H24N2O. The Morgan fingerprint density at radius 2 is 2.13 bits per heavy atom. The van der Waals surface area contributed by atoms with Gasteiger partial charge < -0.3 is 11.1 Å². The summed E-state index contributed by atoms with van der Waals surface area (Å²) in [6.07, 6.45) is 5.76. The van der Waals surface area contributed by atoms with Crippen LogP contribution in [0.1, 0.15) is 46.0 Å². The van der Waals surface area contributed by atoms with Crippen molar-refractivity contribution >= 4 is 5.91 Å². The van der Waals surface area contributed by atoms with Crippen molar-refractivity contribution in [3.63, 3.8) is 0 Å². The highest BCUT2D eigenvalue weighted by molar-refractivity contribution is 5.79. The van der Waals surface area contributed by atoms with Crippen LogP contribution in [0.5, 0.6) is 0 Å². The molecule has 1 aliphatic rings. The number of nitrogens with one attached hydrogen (secondary N) is 1. The van der Waals surface area contributed by atoms with Crippen molar-refractivity contribution in [2.75, 3.05) is 6.54 Å². The minimum absolute atomic E-state index is 0.000809. The Hall–Kier alpha value is -0.570. The molecule has 0 saturated heterocycles. The second-order valence-electron chi connectivity index (χ2n) is 4.72. The van der Waals surface area contributed by atoms with Crippen LogP contribution in [0.2, 0.25) is 0 Å². The first-order chi connectivity index (χ1) is 7.19. The Labute approximate surface area is 92.8 Å². The van der Waals surface area contributed by atoms with Gasteiger partial charge >= 0.3 is 0 Å². The Balaban J connectivity index is 2.41. The van der Waals surface area contributed by atoms with Crippen molar-refractivity contribution in [2.45, 2.75) is 52.0 Å². The topological polar surface area (TPSA) is 55.1 Å². The minimum atomic E-state index is -0.000809. The summed E-state index contributed by atoms with van der Waals surface area (Å²) in [6.45, 7) is 4.71. The average Bonchev–Trinajstić information content (AvgIpc) is 2.23. The van der Waals surface area contributed by atoms with E-state index in [1.54, 1.807) is 0 Å². The molecule has 0 aromatic rings. The van der Waals surface area contributed by atoms with Gasteiger partial charge in [0.2, 0.25) is 5.91 Å². The van der Waals surface area contributed by atoms with Crippen LogP contribution in [-0.2, 0) is 4.79 Å². The second-order valence-corrected chi connectivity index (χ2v) is 4.72. The van der Waals surface area contributed by atoms with E-state index in [0.717, 1.165) is 12.8 Å². The molecule has 0 aromatic heterocycles. The summed E-state index contributed by atoms with van der Waals surface area (Å²) in [7, 11) is 0. The molecule has 0 aliphatic heterocycles. The van der Waals surface area contributed by atoms with Gasteiger partial charge in [0.15, 0.2) is 0 Å². The van der Waals surface area contributed by atoms with Gasteiger partial charge in [-0.2, -0.15) is 0 Å². The number of hydrogen-bond acceptors (Lipinski definition) is 2. The molecule has 1 fully saturated rings. The van der Waals surface area contributed by atoms with E-state index in [0.29, 0.717) is 18.5 Å². The molecule has 88 valence electrons. The van der Waals surface area contributed by atoms with E-state index >= 15 is 0 Å². The normalized spacial score (nSPS) is 28.5. The molecular weight excluding hydrogens is 188 g/mol. The first kappa shape index (κ1) is 12.5. The van der Waals surface area contributed by atoms with Crippen LogP contribution in [0.4, 0.5) is 0 Å². The zero-order chi connectivity index (χ0) is 11.3. The van der Waals surface area contributed by atoms with E-state index in [9.17, 15) is 4.79 Å². The molecule has 0 aromatic carbocycles. The second kappa shape index (κ2) is 6.11. The van der Waals surface area contributed by atoms with Crippen LogP contribution >= 0.6 is 0 Å². The van der Waals surface area contributed by atoms with Crippen LogP contribution in [0, 0.1) is 11.8 Å². The molecule has 0 bridgehead atoms. The van der Waals surface area contributed by atoms with Gasteiger partial charge in [0, 0.05) is 18.5 Å². The zero-order valence-electron chi connectivity index (χ0n) is 9.96. The van der Waals surface area contributed by atoms with E-state index in [4.69, 9.17) is 5.73 Å². The van der Waals surface area contributed by atoms with Crippen LogP contribution in [-0.4, -0.2) is 18.5 Å². The van der Waals surface area contributed by atoms with Gasteiger partial charge in [-0.3, -0.25) is 4.79 Å². The zero-order valence-corrected chi connectivity index (χ0v) is 9.96. The van der Waals surface area contributed by atoms with Crippen molar-refractivity contribution in [1.82, 2.24) is 5.32 Å². The van der Waals surface area contributed by atoms with Gasteiger partial charge in [0.05, 0.1) is 0 Å². The fourth-order valence-electron chi connectivity index (χ4n) is 2.29. The lowest BCUT2D eigenvalue weighted by Crippen LogP contribution is -2.45. The number of nitrogens with two attached hydrogens (primary N) is 1. The summed E-state index contributed by atoms with van der Waals surface area (Å²) in [5.41, 5.74) is 5.56. The summed E-state index contributed by atoms with van der Waals surface area (Å²) in [5.74, 6) is 0.774. The van der Waals surface area contributed by atoms with Gasteiger partial charge in [0.25, 0.3) is 0 Å². The molecule has 0 radical (unpaired) electrons. The van der Waals surface area contributed by atoms with Crippen molar-refractivity contribution in [2.24, 2.45) is 17.6 Å². The van der Waals surface area contributed by atoms with Gasteiger partial charge in [-0.1, -0.05) is 26.7 Å². The van der Waals surface area contributed by atoms with Crippen molar-refractivity contribution in [1.29, 1.82) is 0 Å². The predicted octanol–water partition coefficient (Wildman–Crippen LogP) is 1.67. The molecule has 0 heterocycles. The maximum absolute atomic E-state index is 11.8. The van der Waals surface area contributed by atoms with E-state index in [-0.39, 0.29) is 11.8 Å². The first-order valence-electron chi connectivity index (χ1n) is 6.19. The molecule has 3 heteroatoms. The van der Waals surface area contributed by atoms with E-state index < -0.39 is 0 Å². The third-order valence-corrected chi connectivity index (χ3v) is 3.59. The number of hydrogen-bond donors (Lipinski definition) is 2. The maximum atomic E-state index is 11.8. The average molecular weight is 212 g/mol. The first-order valence-corrected chi connectivity index (χ1v) is 6.19. The Kier molecular flexibility index (Phi) is 5.09. The van der Waals surface area contributed by atoms with Crippen LogP contribution < -0.4 is 11.1 Å². The lowest BCUT2D eigenvalue weighted by atomic mass is 9.85. The summed E-state index contributed by atoms with van der Waals surface area (Å²) < 4.78 is 0. The summed E-state index contributed by atoms with van der Waals surface area (Å²) >= 11 is 0. The highest BCUT2D eigenvalue weighted by Gasteiger charge is 2.24. The maximum Gasteiger partial charge on any atom is 0.224 e. The van der Waals surface area contributed by atoms with E-state index in [1.165, 1.54) is 19.3 Å². The smallest absolute Gasteiger partial charge is 0.224 e. The lowest BCUT2D eigenvalue weighted by Gasteiger charge is -2.30. The summed E-state index contributed by atoms with van der Waals surface area (Å²) in [6, 6.07) is 0.381. The number of amides is 1. The number of carbonyl (C=O) groups is 1. The van der Waals surface area contributed by atoms with Crippen LogP contribution in [0.3, 0.4) is 0 Å². The molecule has 1 rings (SSSR count). The monoisotopic (exact) mass is 212 g/mol. The van der Waals surface area contributed by atoms with Crippen LogP contribution in [0.25, 0.3) is 0 Å². The lowest BCUT2D eigenvalue weighted by molar-refractivity contribution is -0.126. The van der Waals surface area contributed by atoms with E-state index in [1.807, 2.05) is 6.92 Å². The van der Waals surface area contributed by atoms with Gasteiger partial charge in [0.1, 0.15) is 0 Å². The van der Waals surface area contributed by atoms with E-state index in [2.05, 4.69) is 12.2 Å². The van der Waals surface area contributed by atoms with Crippen molar-refractivity contribution in [3.8, 4) is 0 Å². The van der Waals surface area contributed by atoms with Crippen molar-refractivity contribution < 1.29 is 4.79 Å². The van der Waals surface area contributed by atoms with Crippen molar-refractivity contribution in [3.05, 3.63) is 0 Å². The molecule has 3 atom stereocenters. The fraction of sp³-hybridized carbons (Fsp3) is 0.917. The summed E-state index contributed by atoms with van der Waals surface area (Å²) in [5, 5.41) is 3.15. The molecule has 3 N–H and O–H groups in total. The van der Waals surface area contributed by atoms with Gasteiger partial charge in [-0.25, -0.2) is 0 Å². The molecule has 0 spiro atoms. The highest BCUT2D eigenvalue weighted by Crippen LogP contribution is 2.24. The fourth-order valence-corrected chi connectivity index (χ4v) is 2.29. The third kappa shape index (κ3) is 3.49. The van der Waals surface area contributed by atoms with Gasteiger partial charge in [-0.15, -0.1) is 0 Å². The molecule has 15 heavy (non-hydrogen) atoms. The largest absolute Gasteiger partial charge is 0.353 e. The summed E-state index contributed by atoms with van der Waals surface area (Å²) in [4.78, 5) is 11.8. The van der Waals surface area contributed by atoms with Crippen LogP contribution in [0.15, 0.2) is 0 Å². The molecule has 3 unspecified atom stereocenters. The SMILES string of the molecule is CCC(CN)C(=O)NC1CCCCC1C. The predicted molar refractivity (Wildman–Crippen MR) is 62.4 cm³/mol. The third-order valence-electron chi connectivity index (χ3n) is 3.59. The standard InChI is InChI=1S/C12H24N2O/c1-3-10(8-13)12(15)14-11-7-5-4-6-9(11)2/h9-11H,3-8,13H2,1-2H3,(H,14,15). The number of carbonyl (C=O) groups excluding carboxylic acids is 1. The molecule has 3 nitrogen and oxygen atoms in total. The number of rotatable bonds is 4. The minimum Gasteiger partial charge on any atom is -0.353 e. The Morgan fingerprint density at radius 1 is 1.47 bits per heavy atom. The highest BCUT2D eigenvalue weighted by atomic mass is 16.1.